The van der Waals surface area contributed by atoms with E-state index in [0.717, 1.165) is 31.8 Å². The van der Waals surface area contributed by atoms with Gasteiger partial charge in [0.15, 0.2) is 0 Å². The number of nitrogens with one attached hydrogen (secondary N) is 1. The number of rotatable bonds is 3. The van der Waals surface area contributed by atoms with Gasteiger partial charge in [-0.3, -0.25) is 4.79 Å². The molecule has 5 heteroatoms. The van der Waals surface area contributed by atoms with Crippen LogP contribution in [0.3, 0.4) is 0 Å². The van der Waals surface area contributed by atoms with Crippen molar-refractivity contribution >= 4 is 33.1 Å². The number of carbonyl (C=O) groups is 1. The van der Waals surface area contributed by atoms with Crippen LogP contribution in [0.25, 0.3) is 10.1 Å². The van der Waals surface area contributed by atoms with Crippen LogP contribution in [0, 0.1) is 13.8 Å². The summed E-state index contributed by atoms with van der Waals surface area (Å²) in [7, 11) is 0. The van der Waals surface area contributed by atoms with Crippen molar-refractivity contribution in [1.82, 2.24) is 10.3 Å². The number of anilines is 1. The number of pyridine rings is 1. The van der Waals surface area contributed by atoms with E-state index in [1.807, 2.05) is 50.2 Å². The maximum Gasteiger partial charge on any atom is 0.261 e. The van der Waals surface area contributed by atoms with E-state index in [-0.39, 0.29) is 5.91 Å². The molecular weight excluding hydrogens is 294 g/mol. The van der Waals surface area contributed by atoms with Gasteiger partial charge in [0.2, 0.25) is 0 Å². The molecule has 0 unspecified atom stereocenters. The molecule has 0 aliphatic carbocycles. The third-order valence-electron chi connectivity index (χ3n) is 3.65. The Labute approximate surface area is 133 Å². The summed E-state index contributed by atoms with van der Waals surface area (Å²) in [6, 6.07) is 11.7. The Kier molecular flexibility index (Phi) is 3.81. The summed E-state index contributed by atoms with van der Waals surface area (Å²) in [5.41, 5.74) is 8.64. The number of nitrogen functional groups attached to an aromatic ring is 1. The molecule has 1 aromatic carbocycles. The van der Waals surface area contributed by atoms with Crippen LogP contribution in [0.1, 0.15) is 26.5 Å². The molecule has 2 aromatic heterocycles. The summed E-state index contributed by atoms with van der Waals surface area (Å²) in [5.74, 6) is 0.450. The van der Waals surface area contributed by atoms with Gasteiger partial charge >= 0.3 is 0 Å². The average molecular weight is 311 g/mol. The summed E-state index contributed by atoms with van der Waals surface area (Å²) >= 11 is 1.50. The molecule has 22 heavy (non-hydrogen) atoms. The zero-order valence-electron chi connectivity index (χ0n) is 12.5. The van der Waals surface area contributed by atoms with Gasteiger partial charge in [0.25, 0.3) is 5.91 Å². The largest absolute Gasteiger partial charge is 0.384 e. The first-order valence-electron chi connectivity index (χ1n) is 7.04. The number of hydrogen-bond donors (Lipinski definition) is 2. The molecule has 4 nitrogen and oxygen atoms in total. The Morgan fingerprint density at radius 2 is 2.05 bits per heavy atom. The Bertz CT molecular complexity index is 798. The van der Waals surface area contributed by atoms with Gasteiger partial charge in [0.1, 0.15) is 5.82 Å². The molecule has 0 saturated carbocycles. The SMILES string of the molecule is Cc1cc(N)nc(C)c1CNC(=O)c1cc2ccccc2s1. The summed E-state index contributed by atoms with van der Waals surface area (Å²) in [4.78, 5) is 17.3. The Morgan fingerprint density at radius 1 is 1.27 bits per heavy atom. The van der Waals surface area contributed by atoms with Crippen molar-refractivity contribution in [2.45, 2.75) is 20.4 Å². The second kappa shape index (κ2) is 5.77. The molecule has 112 valence electrons. The van der Waals surface area contributed by atoms with Gasteiger partial charge < -0.3 is 11.1 Å². The van der Waals surface area contributed by atoms with Gasteiger partial charge in [-0.25, -0.2) is 4.98 Å². The van der Waals surface area contributed by atoms with E-state index in [0.29, 0.717) is 12.4 Å². The van der Waals surface area contributed by atoms with Crippen LogP contribution in [0.2, 0.25) is 0 Å². The zero-order chi connectivity index (χ0) is 15.7. The lowest BCUT2D eigenvalue weighted by Crippen LogP contribution is -2.23. The fourth-order valence-corrected chi connectivity index (χ4v) is 3.48. The lowest BCUT2D eigenvalue weighted by Gasteiger charge is -2.10. The molecule has 3 rings (SSSR count). The number of amides is 1. The van der Waals surface area contributed by atoms with E-state index in [1.165, 1.54) is 11.3 Å². The van der Waals surface area contributed by atoms with Crippen molar-refractivity contribution < 1.29 is 4.79 Å². The minimum absolute atomic E-state index is 0.0585. The van der Waals surface area contributed by atoms with Crippen LogP contribution in [0.15, 0.2) is 36.4 Å². The van der Waals surface area contributed by atoms with E-state index in [4.69, 9.17) is 5.73 Å². The molecule has 0 atom stereocenters. The predicted octanol–water partition coefficient (Wildman–Crippen LogP) is 3.43. The van der Waals surface area contributed by atoms with E-state index < -0.39 is 0 Å². The molecular formula is C17H17N3OS. The van der Waals surface area contributed by atoms with E-state index >= 15 is 0 Å². The second-order valence-corrected chi connectivity index (χ2v) is 6.34. The highest BCUT2D eigenvalue weighted by molar-refractivity contribution is 7.20. The molecule has 3 aromatic rings. The number of nitrogens with two attached hydrogens (primary N) is 1. The van der Waals surface area contributed by atoms with Gasteiger partial charge in [-0.1, -0.05) is 18.2 Å². The van der Waals surface area contributed by atoms with Crippen LogP contribution in [-0.4, -0.2) is 10.9 Å². The van der Waals surface area contributed by atoms with Crippen molar-refractivity contribution in [3.63, 3.8) is 0 Å². The van der Waals surface area contributed by atoms with Crippen molar-refractivity contribution in [1.29, 1.82) is 0 Å². The average Bonchev–Trinajstić information content (AvgIpc) is 2.89. The van der Waals surface area contributed by atoms with Crippen LogP contribution in [0.5, 0.6) is 0 Å². The summed E-state index contributed by atoms with van der Waals surface area (Å²) in [5, 5.41) is 4.06. The number of aryl methyl sites for hydroxylation is 2. The smallest absolute Gasteiger partial charge is 0.261 e. The standard InChI is InChI=1S/C17H17N3OS/c1-10-7-16(18)20-11(2)13(10)9-19-17(21)15-8-12-5-3-4-6-14(12)22-15/h3-8H,9H2,1-2H3,(H2,18,20)(H,19,21). The van der Waals surface area contributed by atoms with Gasteiger partial charge in [0.05, 0.1) is 4.88 Å². The lowest BCUT2D eigenvalue weighted by molar-refractivity contribution is 0.0955. The minimum atomic E-state index is -0.0585. The van der Waals surface area contributed by atoms with Gasteiger partial charge in [-0.05, 0) is 48.6 Å². The number of fused-ring (bicyclic) bond motifs is 1. The van der Waals surface area contributed by atoms with Gasteiger partial charge in [-0.2, -0.15) is 0 Å². The van der Waals surface area contributed by atoms with E-state index in [2.05, 4.69) is 10.3 Å². The summed E-state index contributed by atoms with van der Waals surface area (Å²) < 4.78 is 1.12. The minimum Gasteiger partial charge on any atom is -0.384 e. The summed E-state index contributed by atoms with van der Waals surface area (Å²) in [6.07, 6.45) is 0. The molecule has 3 N–H and O–H groups in total. The number of nitrogens with zero attached hydrogens (tertiary/aromatic N) is 1. The highest BCUT2D eigenvalue weighted by atomic mass is 32.1. The maximum atomic E-state index is 12.3. The topological polar surface area (TPSA) is 68.0 Å². The highest BCUT2D eigenvalue weighted by Crippen LogP contribution is 2.25. The number of benzene rings is 1. The zero-order valence-corrected chi connectivity index (χ0v) is 13.3. The molecule has 0 fully saturated rings. The molecule has 1 amide bonds. The highest BCUT2D eigenvalue weighted by Gasteiger charge is 2.12. The quantitative estimate of drug-likeness (QED) is 0.778. The number of carbonyl (C=O) groups excluding carboxylic acids is 1. The lowest BCUT2D eigenvalue weighted by atomic mass is 10.1. The molecule has 2 heterocycles. The monoisotopic (exact) mass is 311 g/mol. The van der Waals surface area contributed by atoms with Crippen LogP contribution in [-0.2, 0) is 6.54 Å². The summed E-state index contributed by atoms with van der Waals surface area (Å²) in [6.45, 7) is 4.34. The predicted molar refractivity (Wildman–Crippen MR) is 91.1 cm³/mol. The molecule has 0 spiro atoms. The van der Waals surface area contributed by atoms with Crippen molar-refractivity contribution in [2.75, 3.05) is 5.73 Å². The molecule has 0 aliphatic heterocycles. The first kappa shape index (κ1) is 14.5. The van der Waals surface area contributed by atoms with E-state index in [9.17, 15) is 4.79 Å². The van der Waals surface area contributed by atoms with Crippen LogP contribution < -0.4 is 11.1 Å². The molecule has 0 radical (unpaired) electrons. The third-order valence-corrected chi connectivity index (χ3v) is 4.76. The Balaban J connectivity index is 1.78. The third kappa shape index (κ3) is 2.80. The first-order valence-corrected chi connectivity index (χ1v) is 7.85. The molecule has 0 saturated heterocycles. The van der Waals surface area contributed by atoms with E-state index in [1.54, 1.807) is 0 Å². The van der Waals surface area contributed by atoms with Gasteiger partial charge in [0, 0.05) is 16.9 Å². The van der Waals surface area contributed by atoms with Crippen molar-refractivity contribution in [2.24, 2.45) is 0 Å². The molecule has 0 bridgehead atoms. The number of aromatic nitrogens is 1. The fraction of sp³-hybridized carbons (Fsp3) is 0.176. The molecule has 0 aliphatic rings. The van der Waals surface area contributed by atoms with Crippen molar-refractivity contribution in [3.05, 3.63) is 58.1 Å². The van der Waals surface area contributed by atoms with Crippen molar-refractivity contribution in [3.8, 4) is 0 Å². The first-order chi connectivity index (χ1) is 10.5. The normalized spacial score (nSPS) is 10.8. The van der Waals surface area contributed by atoms with Gasteiger partial charge in [-0.15, -0.1) is 11.3 Å². The number of thiophene rings is 1. The number of hydrogen-bond acceptors (Lipinski definition) is 4. The maximum absolute atomic E-state index is 12.3. The second-order valence-electron chi connectivity index (χ2n) is 5.26. The Morgan fingerprint density at radius 3 is 2.77 bits per heavy atom. The van der Waals surface area contributed by atoms with Crippen LogP contribution >= 0.6 is 11.3 Å². The fourth-order valence-electron chi connectivity index (χ4n) is 2.50. The Hall–Kier alpha value is -2.40. The van der Waals surface area contributed by atoms with Crippen LogP contribution in [0.4, 0.5) is 5.82 Å².